The van der Waals surface area contributed by atoms with Crippen LogP contribution in [0.3, 0.4) is 0 Å². The molecule has 1 aromatic carbocycles. The van der Waals surface area contributed by atoms with Gasteiger partial charge in [0.05, 0.1) is 7.11 Å². The SMILES string of the molecule is COc1ccc([C@@H]2C[C@H]2C(=O)N2CCN(c3nccs3)CC2)cc1. The van der Waals surface area contributed by atoms with Gasteiger partial charge in [0.15, 0.2) is 5.13 Å². The van der Waals surface area contributed by atoms with Gasteiger partial charge in [-0.1, -0.05) is 12.1 Å². The summed E-state index contributed by atoms with van der Waals surface area (Å²) >= 11 is 1.66. The van der Waals surface area contributed by atoms with Crippen LogP contribution in [0.5, 0.6) is 5.75 Å². The van der Waals surface area contributed by atoms with Crippen molar-refractivity contribution in [1.29, 1.82) is 0 Å². The van der Waals surface area contributed by atoms with E-state index in [0.717, 1.165) is 43.5 Å². The van der Waals surface area contributed by atoms with Gasteiger partial charge >= 0.3 is 0 Å². The fourth-order valence-electron chi connectivity index (χ4n) is 3.41. The van der Waals surface area contributed by atoms with Crippen molar-refractivity contribution < 1.29 is 9.53 Å². The van der Waals surface area contributed by atoms with Crippen molar-refractivity contribution in [3.63, 3.8) is 0 Å². The van der Waals surface area contributed by atoms with E-state index in [1.807, 2.05) is 28.6 Å². The van der Waals surface area contributed by atoms with E-state index in [1.54, 1.807) is 18.4 Å². The van der Waals surface area contributed by atoms with Gasteiger partial charge in [0.2, 0.25) is 5.91 Å². The topological polar surface area (TPSA) is 45.7 Å². The molecule has 0 unspecified atom stereocenters. The van der Waals surface area contributed by atoms with Gasteiger partial charge < -0.3 is 14.5 Å². The number of amides is 1. The van der Waals surface area contributed by atoms with Crippen LogP contribution in [0.2, 0.25) is 0 Å². The molecule has 0 radical (unpaired) electrons. The molecule has 126 valence electrons. The van der Waals surface area contributed by atoms with Crippen LogP contribution in [0.4, 0.5) is 5.13 Å². The van der Waals surface area contributed by atoms with Crippen LogP contribution in [-0.4, -0.2) is 49.1 Å². The number of ether oxygens (including phenoxy) is 1. The Hall–Kier alpha value is -2.08. The van der Waals surface area contributed by atoms with Crippen LogP contribution in [0.1, 0.15) is 17.9 Å². The van der Waals surface area contributed by atoms with Crippen LogP contribution in [-0.2, 0) is 4.79 Å². The summed E-state index contributed by atoms with van der Waals surface area (Å²) in [4.78, 5) is 21.4. The van der Waals surface area contributed by atoms with Gasteiger partial charge in [0, 0.05) is 43.7 Å². The Bertz CT molecular complexity index is 694. The average molecular weight is 343 g/mol. The normalized spacial score (nSPS) is 23.2. The lowest BCUT2D eigenvalue weighted by molar-refractivity contribution is -0.132. The fourth-order valence-corrected chi connectivity index (χ4v) is 4.11. The third-order valence-corrected chi connectivity index (χ3v) is 5.76. The number of hydrogen-bond acceptors (Lipinski definition) is 5. The van der Waals surface area contributed by atoms with Crippen molar-refractivity contribution in [2.45, 2.75) is 12.3 Å². The van der Waals surface area contributed by atoms with Crippen molar-refractivity contribution >= 4 is 22.4 Å². The minimum atomic E-state index is 0.157. The molecule has 1 saturated heterocycles. The number of aromatic nitrogens is 1. The highest BCUT2D eigenvalue weighted by atomic mass is 32.1. The highest BCUT2D eigenvalue weighted by Gasteiger charge is 2.46. The molecular formula is C18H21N3O2S. The van der Waals surface area contributed by atoms with E-state index in [1.165, 1.54) is 5.56 Å². The summed E-state index contributed by atoms with van der Waals surface area (Å²) in [6.07, 6.45) is 2.80. The number of carbonyl (C=O) groups excluding carboxylic acids is 1. The summed E-state index contributed by atoms with van der Waals surface area (Å²) in [6.45, 7) is 3.34. The highest BCUT2D eigenvalue weighted by molar-refractivity contribution is 7.13. The Morgan fingerprint density at radius 3 is 2.58 bits per heavy atom. The number of benzene rings is 1. The van der Waals surface area contributed by atoms with Gasteiger partial charge in [-0.2, -0.15) is 0 Å². The standard InChI is InChI=1S/C18H21N3O2S/c1-23-14-4-2-13(3-5-14)15-12-16(15)17(22)20-7-9-21(10-8-20)18-19-6-11-24-18/h2-6,11,15-16H,7-10,12H2,1H3/t15-,16+/m0/s1. The van der Waals surface area contributed by atoms with Gasteiger partial charge in [-0.3, -0.25) is 4.79 Å². The van der Waals surface area contributed by atoms with Crippen molar-refractivity contribution in [2.24, 2.45) is 5.92 Å². The fraction of sp³-hybridized carbons (Fsp3) is 0.444. The van der Waals surface area contributed by atoms with E-state index in [9.17, 15) is 4.79 Å². The molecule has 1 aromatic heterocycles. The van der Waals surface area contributed by atoms with E-state index < -0.39 is 0 Å². The van der Waals surface area contributed by atoms with Crippen LogP contribution in [0.25, 0.3) is 0 Å². The molecule has 1 amide bonds. The zero-order valence-electron chi connectivity index (χ0n) is 13.7. The molecule has 2 fully saturated rings. The summed E-state index contributed by atoms with van der Waals surface area (Å²) < 4.78 is 5.20. The highest BCUT2D eigenvalue weighted by Crippen LogP contribution is 2.48. The second-order valence-electron chi connectivity index (χ2n) is 6.35. The molecule has 6 heteroatoms. The largest absolute Gasteiger partial charge is 0.497 e. The van der Waals surface area contributed by atoms with Crippen molar-refractivity contribution in [2.75, 3.05) is 38.2 Å². The number of nitrogens with zero attached hydrogens (tertiary/aromatic N) is 3. The van der Waals surface area contributed by atoms with Crippen molar-refractivity contribution in [1.82, 2.24) is 9.88 Å². The Morgan fingerprint density at radius 2 is 1.96 bits per heavy atom. The molecule has 2 heterocycles. The maximum atomic E-state index is 12.7. The maximum absolute atomic E-state index is 12.7. The monoisotopic (exact) mass is 343 g/mol. The summed E-state index contributed by atoms with van der Waals surface area (Å²) in [7, 11) is 1.67. The summed E-state index contributed by atoms with van der Waals surface area (Å²) in [5, 5.41) is 3.06. The minimum Gasteiger partial charge on any atom is -0.497 e. The number of hydrogen-bond donors (Lipinski definition) is 0. The first-order valence-electron chi connectivity index (χ1n) is 8.33. The molecule has 5 nitrogen and oxygen atoms in total. The van der Waals surface area contributed by atoms with Crippen LogP contribution < -0.4 is 9.64 Å². The quantitative estimate of drug-likeness (QED) is 0.856. The van der Waals surface area contributed by atoms with E-state index in [2.05, 4.69) is 22.0 Å². The predicted molar refractivity (Wildman–Crippen MR) is 94.7 cm³/mol. The summed E-state index contributed by atoms with van der Waals surface area (Å²) in [5.41, 5.74) is 1.25. The minimum absolute atomic E-state index is 0.157. The molecule has 2 atom stereocenters. The molecule has 0 N–H and O–H groups in total. The molecule has 0 bridgehead atoms. The van der Waals surface area contributed by atoms with Crippen molar-refractivity contribution in [3.05, 3.63) is 41.4 Å². The lowest BCUT2D eigenvalue weighted by atomic mass is 10.1. The molecule has 1 saturated carbocycles. The van der Waals surface area contributed by atoms with E-state index in [-0.39, 0.29) is 5.92 Å². The Labute approximate surface area is 145 Å². The molecular weight excluding hydrogens is 322 g/mol. The molecule has 1 aliphatic carbocycles. The molecule has 24 heavy (non-hydrogen) atoms. The molecule has 2 aromatic rings. The van der Waals surface area contributed by atoms with E-state index >= 15 is 0 Å². The van der Waals surface area contributed by atoms with E-state index in [0.29, 0.717) is 11.8 Å². The van der Waals surface area contributed by atoms with E-state index in [4.69, 9.17) is 4.74 Å². The third-order valence-electron chi connectivity index (χ3n) is 4.93. The van der Waals surface area contributed by atoms with Gasteiger partial charge in [-0.25, -0.2) is 4.98 Å². The molecule has 0 spiro atoms. The lowest BCUT2D eigenvalue weighted by Crippen LogP contribution is -2.49. The summed E-state index contributed by atoms with van der Waals surface area (Å²) in [5.74, 6) is 1.71. The number of methoxy groups -OCH3 is 1. The first-order valence-corrected chi connectivity index (χ1v) is 9.21. The number of rotatable bonds is 4. The Kier molecular flexibility index (Phi) is 4.14. The zero-order chi connectivity index (χ0) is 16.5. The van der Waals surface area contributed by atoms with Gasteiger partial charge in [0.25, 0.3) is 0 Å². The summed E-state index contributed by atoms with van der Waals surface area (Å²) in [6, 6.07) is 8.11. The maximum Gasteiger partial charge on any atom is 0.226 e. The van der Waals surface area contributed by atoms with Crippen molar-refractivity contribution in [3.8, 4) is 5.75 Å². The molecule has 2 aliphatic rings. The van der Waals surface area contributed by atoms with Gasteiger partial charge in [0.1, 0.15) is 5.75 Å². The Balaban J connectivity index is 1.32. The second kappa shape index (κ2) is 6.43. The number of carbonyl (C=O) groups is 1. The molecule has 4 rings (SSSR count). The first kappa shape index (κ1) is 15.4. The van der Waals surface area contributed by atoms with Crippen LogP contribution in [0, 0.1) is 5.92 Å². The first-order chi connectivity index (χ1) is 11.8. The number of piperazine rings is 1. The predicted octanol–water partition coefficient (Wildman–Crippen LogP) is 2.60. The van der Waals surface area contributed by atoms with Gasteiger partial charge in [-0.15, -0.1) is 11.3 Å². The number of thiazole rings is 1. The lowest BCUT2D eigenvalue weighted by Gasteiger charge is -2.34. The smallest absolute Gasteiger partial charge is 0.226 e. The van der Waals surface area contributed by atoms with Crippen LogP contribution in [0.15, 0.2) is 35.8 Å². The second-order valence-corrected chi connectivity index (χ2v) is 7.22. The number of anilines is 1. The van der Waals surface area contributed by atoms with Crippen LogP contribution >= 0.6 is 11.3 Å². The molecule has 1 aliphatic heterocycles. The third kappa shape index (κ3) is 2.98. The zero-order valence-corrected chi connectivity index (χ0v) is 14.5. The Morgan fingerprint density at radius 1 is 1.21 bits per heavy atom. The average Bonchev–Trinajstić information content (AvgIpc) is 3.25. The van der Waals surface area contributed by atoms with Gasteiger partial charge in [-0.05, 0) is 30.0 Å².